The summed E-state index contributed by atoms with van der Waals surface area (Å²) in [4.78, 5) is 17.6. The predicted molar refractivity (Wildman–Crippen MR) is 76.6 cm³/mol. The molecule has 0 atom stereocenters. The zero-order chi connectivity index (χ0) is 13.8. The van der Waals surface area contributed by atoms with Gasteiger partial charge in [-0.1, -0.05) is 13.8 Å². The van der Waals surface area contributed by atoms with Gasteiger partial charge in [-0.25, -0.2) is 19.9 Å². The summed E-state index contributed by atoms with van der Waals surface area (Å²) in [6, 6.07) is 3.78. The van der Waals surface area contributed by atoms with Crippen molar-refractivity contribution in [3.63, 3.8) is 0 Å². The summed E-state index contributed by atoms with van der Waals surface area (Å²) < 4.78 is 0. The Labute approximate surface area is 117 Å². The van der Waals surface area contributed by atoms with E-state index in [1.54, 1.807) is 6.20 Å². The standard InChI is InChI=1S/C13H17N5S/c1-8(2)12-17-10(14-4)7-11(18-12)19-13-15-6-5-9(3)16-13/h5-8H,1-4H3,(H,14,17,18). The molecule has 0 saturated carbocycles. The fraction of sp³-hybridized carbons (Fsp3) is 0.385. The number of nitrogens with zero attached hydrogens (tertiary/aromatic N) is 4. The van der Waals surface area contributed by atoms with E-state index in [0.29, 0.717) is 5.16 Å². The van der Waals surface area contributed by atoms with Crippen molar-refractivity contribution in [3.8, 4) is 0 Å². The first-order valence-corrected chi connectivity index (χ1v) is 6.94. The van der Waals surface area contributed by atoms with E-state index in [4.69, 9.17) is 0 Å². The second-order valence-electron chi connectivity index (χ2n) is 4.44. The number of aryl methyl sites for hydroxylation is 1. The van der Waals surface area contributed by atoms with Gasteiger partial charge in [0.15, 0.2) is 5.16 Å². The second kappa shape index (κ2) is 5.97. The molecule has 1 N–H and O–H groups in total. The average Bonchev–Trinajstić information content (AvgIpc) is 2.38. The van der Waals surface area contributed by atoms with E-state index in [9.17, 15) is 0 Å². The number of rotatable bonds is 4. The van der Waals surface area contributed by atoms with E-state index in [0.717, 1.165) is 22.4 Å². The van der Waals surface area contributed by atoms with E-state index < -0.39 is 0 Å². The molecule has 19 heavy (non-hydrogen) atoms. The van der Waals surface area contributed by atoms with Crippen molar-refractivity contribution in [2.24, 2.45) is 0 Å². The van der Waals surface area contributed by atoms with E-state index in [1.165, 1.54) is 11.8 Å². The molecule has 2 rings (SSSR count). The van der Waals surface area contributed by atoms with E-state index >= 15 is 0 Å². The molecular formula is C13H17N5S. The minimum atomic E-state index is 0.283. The van der Waals surface area contributed by atoms with Gasteiger partial charge in [-0.15, -0.1) is 0 Å². The van der Waals surface area contributed by atoms with Gasteiger partial charge in [-0.05, 0) is 24.8 Å². The molecule has 0 fully saturated rings. The highest BCUT2D eigenvalue weighted by atomic mass is 32.2. The normalized spacial score (nSPS) is 10.8. The van der Waals surface area contributed by atoms with Crippen LogP contribution in [0, 0.1) is 6.92 Å². The second-order valence-corrected chi connectivity index (χ2v) is 5.42. The maximum Gasteiger partial charge on any atom is 0.194 e. The van der Waals surface area contributed by atoms with Gasteiger partial charge >= 0.3 is 0 Å². The van der Waals surface area contributed by atoms with E-state index in [-0.39, 0.29) is 5.92 Å². The Morgan fingerprint density at radius 3 is 2.63 bits per heavy atom. The maximum absolute atomic E-state index is 4.54. The van der Waals surface area contributed by atoms with Crippen molar-refractivity contribution in [2.45, 2.75) is 36.9 Å². The highest BCUT2D eigenvalue weighted by Gasteiger charge is 2.09. The Bertz CT molecular complexity index is 571. The van der Waals surface area contributed by atoms with E-state index in [2.05, 4.69) is 39.1 Å². The molecule has 5 nitrogen and oxygen atoms in total. The molecule has 0 aliphatic rings. The smallest absolute Gasteiger partial charge is 0.194 e. The third-order valence-corrected chi connectivity index (χ3v) is 3.26. The van der Waals surface area contributed by atoms with Crippen LogP contribution in [0.4, 0.5) is 5.82 Å². The molecule has 2 aromatic rings. The summed E-state index contributed by atoms with van der Waals surface area (Å²) in [6.07, 6.45) is 1.76. The van der Waals surface area contributed by atoms with Gasteiger partial charge in [0, 0.05) is 30.9 Å². The van der Waals surface area contributed by atoms with Crippen molar-refractivity contribution >= 4 is 17.6 Å². The van der Waals surface area contributed by atoms with Crippen LogP contribution in [0.2, 0.25) is 0 Å². The molecule has 2 heterocycles. The predicted octanol–water partition coefficient (Wildman–Crippen LogP) is 2.89. The molecule has 0 radical (unpaired) electrons. The summed E-state index contributed by atoms with van der Waals surface area (Å²) in [7, 11) is 1.85. The van der Waals surface area contributed by atoms with Crippen LogP contribution in [0.25, 0.3) is 0 Å². The summed E-state index contributed by atoms with van der Waals surface area (Å²) in [5.41, 5.74) is 0.949. The number of hydrogen-bond donors (Lipinski definition) is 1. The van der Waals surface area contributed by atoms with Crippen LogP contribution in [0.1, 0.15) is 31.3 Å². The number of nitrogens with one attached hydrogen (secondary N) is 1. The molecule has 0 bridgehead atoms. The minimum Gasteiger partial charge on any atom is -0.373 e. The Kier molecular flexibility index (Phi) is 4.31. The molecule has 0 spiro atoms. The third-order valence-electron chi connectivity index (χ3n) is 2.46. The molecule has 100 valence electrons. The Morgan fingerprint density at radius 1 is 1.21 bits per heavy atom. The van der Waals surface area contributed by atoms with Gasteiger partial charge in [0.2, 0.25) is 0 Å². The van der Waals surface area contributed by atoms with Crippen LogP contribution in [0.15, 0.2) is 28.5 Å². The quantitative estimate of drug-likeness (QED) is 0.684. The fourth-order valence-electron chi connectivity index (χ4n) is 1.45. The first-order valence-electron chi connectivity index (χ1n) is 6.12. The van der Waals surface area contributed by atoms with Gasteiger partial charge in [-0.2, -0.15) is 0 Å². The lowest BCUT2D eigenvalue weighted by Crippen LogP contribution is -2.03. The highest BCUT2D eigenvalue weighted by Crippen LogP contribution is 2.25. The van der Waals surface area contributed by atoms with Crippen molar-refractivity contribution < 1.29 is 0 Å². The zero-order valence-electron chi connectivity index (χ0n) is 11.5. The molecular weight excluding hydrogens is 258 g/mol. The van der Waals surface area contributed by atoms with Crippen LogP contribution in [-0.4, -0.2) is 27.0 Å². The first-order chi connectivity index (χ1) is 9.08. The van der Waals surface area contributed by atoms with Crippen molar-refractivity contribution in [2.75, 3.05) is 12.4 Å². The monoisotopic (exact) mass is 275 g/mol. The van der Waals surface area contributed by atoms with Gasteiger partial charge < -0.3 is 5.32 Å². The van der Waals surface area contributed by atoms with Crippen LogP contribution in [-0.2, 0) is 0 Å². The largest absolute Gasteiger partial charge is 0.373 e. The molecule has 0 unspecified atom stereocenters. The lowest BCUT2D eigenvalue weighted by atomic mass is 10.2. The van der Waals surface area contributed by atoms with Gasteiger partial charge in [0.25, 0.3) is 0 Å². The minimum absolute atomic E-state index is 0.283. The summed E-state index contributed by atoms with van der Waals surface area (Å²) >= 11 is 1.45. The number of hydrogen-bond acceptors (Lipinski definition) is 6. The van der Waals surface area contributed by atoms with Crippen molar-refractivity contribution in [1.29, 1.82) is 0 Å². The molecule has 6 heteroatoms. The Morgan fingerprint density at radius 2 is 2.00 bits per heavy atom. The topological polar surface area (TPSA) is 63.6 Å². The first kappa shape index (κ1) is 13.7. The van der Waals surface area contributed by atoms with Crippen LogP contribution in [0.5, 0.6) is 0 Å². The lowest BCUT2D eigenvalue weighted by Gasteiger charge is -2.09. The number of anilines is 1. The average molecular weight is 275 g/mol. The maximum atomic E-state index is 4.54. The van der Waals surface area contributed by atoms with Crippen LogP contribution < -0.4 is 5.32 Å². The molecule has 0 aliphatic heterocycles. The number of aromatic nitrogens is 4. The highest BCUT2D eigenvalue weighted by molar-refractivity contribution is 7.99. The summed E-state index contributed by atoms with van der Waals surface area (Å²) in [5.74, 6) is 1.92. The van der Waals surface area contributed by atoms with Crippen LogP contribution in [0.3, 0.4) is 0 Å². The molecule has 0 amide bonds. The summed E-state index contributed by atoms with van der Waals surface area (Å²) in [5, 5.41) is 4.61. The van der Waals surface area contributed by atoms with Gasteiger partial charge in [-0.3, -0.25) is 0 Å². The molecule has 0 aromatic carbocycles. The third kappa shape index (κ3) is 3.64. The van der Waals surface area contributed by atoms with E-state index in [1.807, 2.05) is 26.1 Å². The molecule has 2 aromatic heterocycles. The molecule has 0 aliphatic carbocycles. The Balaban J connectivity index is 2.31. The van der Waals surface area contributed by atoms with Crippen molar-refractivity contribution in [1.82, 2.24) is 19.9 Å². The van der Waals surface area contributed by atoms with Crippen molar-refractivity contribution in [3.05, 3.63) is 29.8 Å². The Hall–Kier alpha value is -1.69. The van der Waals surface area contributed by atoms with Crippen LogP contribution >= 0.6 is 11.8 Å². The zero-order valence-corrected chi connectivity index (χ0v) is 12.3. The lowest BCUT2D eigenvalue weighted by molar-refractivity contribution is 0.754. The van der Waals surface area contributed by atoms with Gasteiger partial charge in [0.05, 0.1) is 0 Å². The summed E-state index contributed by atoms with van der Waals surface area (Å²) in [6.45, 7) is 6.10. The van der Waals surface area contributed by atoms with Gasteiger partial charge in [0.1, 0.15) is 16.7 Å². The SMILES string of the molecule is CNc1cc(Sc2nccc(C)n2)nc(C(C)C)n1. The fourth-order valence-corrected chi connectivity index (χ4v) is 2.25. The molecule has 0 saturated heterocycles.